The minimum atomic E-state index is -0.691. The van der Waals surface area contributed by atoms with E-state index >= 15 is 0 Å². The first kappa shape index (κ1) is 13.5. The molecule has 1 N–H and O–H groups in total. The van der Waals surface area contributed by atoms with E-state index in [2.05, 4.69) is 9.88 Å². The van der Waals surface area contributed by atoms with E-state index in [0.29, 0.717) is 0 Å². The van der Waals surface area contributed by atoms with Crippen molar-refractivity contribution in [2.45, 2.75) is 52.1 Å². The van der Waals surface area contributed by atoms with Gasteiger partial charge in [0.1, 0.15) is 0 Å². The first-order valence-electron chi connectivity index (χ1n) is 6.45. The molecule has 0 saturated carbocycles. The SMILES string of the molecule is Cc1nc(C)c(CN2CCCCC2CC(=O)O)s1. The summed E-state index contributed by atoms with van der Waals surface area (Å²) in [5.74, 6) is -0.691. The third kappa shape index (κ3) is 3.29. The van der Waals surface area contributed by atoms with Crippen molar-refractivity contribution in [1.82, 2.24) is 9.88 Å². The van der Waals surface area contributed by atoms with Crippen molar-refractivity contribution in [3.63, 3.8) is 0 Å². The topological polar surface area (TPSA) is 53.4 Å². The number of nitrogens with zero attached hydrogens (tertiary/aromatic N) is 2. The van der Waals surface area contributed by atoms with Gasteiger partial charge in [0.25, 0.3) is 0 Å². The van der Waals surface area contributed by atoms with Crippen LogP contribution in [0.4, 0.5) is 0 Å². The van der Waals surface area contributed by atoms with Crippen LogP contribution in [0.5, 0.6) is 0 Å². The Balaban J connectivity index is 2.05. The molecule has 1 unspecified atom stereocenters. The molecule has 18 heavy (non-hydrogen) atoms. The number of rotatable bonds is 4. The molecule has 0 amide bonds. The number of aromatic nitrogens is 1. The van der Waals surface area contributed by atoms with Crippen molar-refractivity contribution in [2.24, 2.45) is 0 Å². The fourth-order valence-corrected chi connectivity index (χ4v) is 3.57. The van der Waals surface area contributed by atoms with Crippen molar-refractivity contribution < 1.29 is 9.90 Å². The van der Waals surface area contributed by atoms with Gasteiger partial charge < -0.3 is 5.11 Å². The second kappa shape index (κ2) is 5.80. The number of carboxylic acid groups (broad SMARTS) is 1. The van der Waals surface area contributed by atoms with Gasteiger partial charge in [-0.2, -0.15) is 0 Å². The van der Waals surface area contributed by atoms with Crippen LogP contribution in [0, 0.1) is 13.8 Å². The molecule has 1 aromatic heterocycles. The van der Waals surface area contributed by atoms with Gasteiger partial charge in [0.15, 0.2) is 0 Å². The Morgan fingerprint density at radius 1 is 1.50 bits per heavy atom. The molecule has 100 valence electrons. The lowest BCUT2D eigenvalue weighted by atomic mass is 9.99. The zero-order valence-electron chi connectivity index (χ0n) is 11.0. The minimum absolute atomic E-state index is 0.193. The highest BCUT2D eigenvalue weighted by molar-refractivity contribution is 7.11. The van der Waals surface area contributed by atoms with E-state index in [-0.39, 0.29) is 12.5 Å². The number of likely N-dealkylation sites (tertiary alicyclic amines) is 1. The van der Waals surface area contributed by atoms with Crippen LogP contribution >= 0.6 is 11.3 Å². The van der Waals surface area contributed by atoms with Crippen LogP contribution in [0.1, 0.15) is 41.3 Å². The number of aryl methyl sites for hydroxylation is 2. The summed E-state index contributed by atoms with van der Waals surface area (Å²) in [4.78, 5) is 18.9. The quantitative estimate of drug-likeness (QED) is 0.912. The fraction of sp³-hybridized carbons (Fsp3) is 0.692. The van der Waals surface area contributed by atoms with Crippen molar-refractivity contribution in [3.05, 3.63) is 15.6 Å². The molecular weight excluding hydrogens is 248 g/mol. The lowest BCUT2D eigenvalue weighted by Gasteiger charge is -2.34. The monoisotopic (exact) mass is 268 g/mol. The van der Waals surface area contributed by atoms with Crippen molar-refractivity contribution >= 4 is 17.3 Å². The molecule has 0 radical (unpaired) electrons. The number of hydrogen-bond acceptors (Lipinski definition) is 4. The predicted molar refractivity (Wildman–Crippen MR) is 71.9 cm³/mol. The number of hydrogen-bond donors (Lipinski definition) is 1. The van der Waals surface area contributed by atoms with Gasteiger partial charge >= 0.3 is 5.97 Å². The van der Waals surface area contributed by atoms with Crippen LogP contribution < -0.4 is 0 Å². The normalized spacial score (nSPS) is 21.1. The van der Waals surface area contributed by atoms with Gasteiger partial charge in [-0.05, 0) is 33.2 Å². The summed E-state index contributed by atoms with van der Waals surface area (Å²) in [6.45, 7) is 5.92. The van der Waals surface area contributed by atoms with Crippen LogP contribution in [0.3, 0.4) is 0 Å². The summed E-state index contributed by atoms with van der Waals surface area (Å²) in [5, 5.41) is 10.1. The molecule has 1 aliphatic rings. The van der Waals surface area contributed by atoms with Gasteiger partial charge in [0, 0.05) is 17.5 Å². The van der Waals surface area contributed by atoms with Crippen LogP contribution in [0.25, 0.3) is 0 Å². The van der Waals surface area contributed by atoms with Gasteiger partial charge in [-0.25, -0.2) is 4.98 Å². The summed E-state index contributed by atoms with van der Waals surface area (Å²) >= 11 is 1.73. The van der Waals surface area contributed by atoms with E-state index in [1.807, 2.05) is 13.8 Å². The van der Waals surface area contributed by atoms with Crippen LogP contribution in [-0.4, -0.2) is 33.5 Å². The third-order valence-corrected chi connectivity index (χ3v) is 4.56. The molecule has 0 bridgehead atoms. The largest absolute Gasteiger partial charge is 0.481 e. The van der Waals surface area contributed by atoms with Crippen molar-refractivity contribution in [1.29, 1.82) is 0 Å². The van der Waals surface area contributed by atoms with Gasteiger partial charge in [-0.15, -0.1) is 11.3 Å². The van der Waals surface area contributed by atoms with Crippen LogP contribution in [0.2, 0.25) is 0 Å². The zero-order chi connectivity index (χ0) is 13.1. The number of thiazole rings is 1. The molecule has 4 nitrogen and oxygen atoms in total. The van der Waals surface area contributed by atoms with E-state index in [1.165, 1.54) is 11.3 Å². The average molecular weight is 268 g/mol. The molecule has 1 saturated heterocycles. The molecule has 5 heteroatoms. The number of aliphatic carboxylic acids is 1. The summed E-state index contributed by atoms with van der Waals surface area (Å²) in [6.07, 6.45) is 3.59. The number of piperidine rings is 1. The molecule has 1 aromatic rings. The summed E-state index contributed by atoms with van der Waals surface area (Å²) < 4.78 is 0. The third-order valence-electron chi connectivity index (χ3n) is 3.51. The Labute approximate surface area is 112 Å². The van der Waals surface area contributed by atoms with Gasteiger partial charge in [0.05, 0.1) is 17.1 Å². The van der Waals surface area contributed by atoms with E-state index in [0.717, 1.165) is 36.6 Å². The molecule has 1 fully saturated rings. The molecule has 0 aromatic carbocycles. The first-order valence-corrected chi connectivity index (χ1v) is 7.26. The maximum atomic E-state index is 10.9. The minimum Gasteiger partial charge on any atom is -0.481 e. The lowest BCUT2D eigenvalue weighted by Crippen LogP contribution is -2.40. The van der Waals surface area contributed by atoms with E-state index in [1.54, 1.807) is 11.3 Å². The molecule has 1 aliphatic heterocycles. The Hall–Kier alpha value is -0.940. The highest BCUT2D eigenvalue weighted by Crippen LogP contribution is 2.25. The maximum Gasteiger partial charge on any atom is 0.304 e. The van der Waals surface area contributed by atoms with Crippen molar-refractivity contribution in [2.75, 3.05) is 6.54 Å². The van der Waals surface area contributed by atoms with Crippen LogP contribution in [-0.2, 0) is 11.3 Å². The van der Waals surface area contributed by atoms with Gasteiger partial charge in [-0.3, -0.25) is 9.69 Å². The smallest absolute Gasteiger partial charge is 0.304 e. The van der Waals surface area contributed by atoms with Gasteiger partial charge in [-0.1, -0.05) is 6.42 Å². The summed E-state index contributed by atoms with van der Waals surface area (Å²) in [6, 6.07) is 0.193. The van der Waals surface area contributed by atoms with Crippen molar-refractivity contribution in [3.8, 4) is 0 Å². The molecule has 0 spiro atoms. The maximum absolute atomic E-state index is 10.9. The Morgan fingerprint density at radius 3 is 2.89 bits per heavy atom. The molecular formula is C13H20N2O2S. The number of carbonyl (C=O) groups is 1. The lowest BCUT2D eigenvalue weighted by molar-refractivity contribution is -0.138. The van der Waals surface area contributed by atoms with E-state index in [4.69, 9.17) is 5.11 Å². The second-order valence-electron chi connectivity index (χ2n) is 4.96. The standard InChI is InChI=1S/C13H20N2O2S/c1-9-12(18-10(2)14-9)8-15-6-4-3-5-11(15)7-13(16)17/h11H,3-8H2,1-2H3,(H,16,17). The predicted octanol–water partition coefficient (Wildman–Crippen LogP) is 2.59. The average Bonchev–Trinajstić information content (AvgIpc) is 2.59. The summed E-state index contributed by atoms with van der Waals surface area (Å²) in [7, 11) is 0. The van der Waals surface area contributed by atoms with E-state index in [9.17, 15) is 4.79 Å². The Kier molecular flexibility index (Phi) is 4.35. The second-order valence-corrected chi connectivity index (χ2v) is 6.25. The van der Waals surface area contributed by atoms with Gasteiger partial charge in [0.2, 0.25) is 0 Å². The van der Waals surface area contributed by atoms with E-state index < -0.39 is 5.97 Å². The Bertz CT molecular complexity index is 431. The first-order chi connectivity index (χ1) is 8.56. The highest BCUT2D eigenvalue weighted by Gasteiger charge is 2.25. The summed E-state index contributed by atoms with van der Waals surface area (Å²) in [5.41, 5.74) is 1.09. The molecule has 0 aliphatic carbocycles. The fourth-order valence-electron chi connectivity index (χ4n) is 2.61. The molecule has 2 rings (SSSR count). The molecule has 2 heterocycles. The highest BCUT2D eigenvalue weighted by atomic mass is 32.1. The zero-order valence-corrected chi connectivity index (χ0v) is 11.8. The van der Waals surface area contributed by atoms with Crippen LogP contribution in [0.15, 0.2) is 0 Å². The molecule has 1 atom stereocenters. The number of carboxylic acids is 1. The Morgan fingerprint density at radius 2 is 2.28 bits per heavy atom.